The van der Waals surface area contributed by atoms with Gasteiger partial charge < -0.3 is 10.6 Å². The van der Waals surface area contributed by atoms with Crippen LogP contribution < -0.4 is 10.6 Å². The van der Waals surface area contributed by atoms with Crippen LogP contribution in [0.15, 0.2) is 48.5 Å². The second kappa shape index (κ2) is 8.78. The zero-order valence-electron chi connectivity index (χ0n) is 17.8. The minimum Gasteiger partial charge on any atom is -0.347 e. The SMILES string of the molecule is CC(=O)Nc1ccc(C(=O)N[C@@H](CN2CCc3ccccc3C2)C(C)(C)C)cc1. The van der Waals surface area contributed by atoms with E-state index in [2.05, 4.69) is 60.6 Å². The van der Waals surface area contributed by atoms with E-state index in [0.717, 1.165) is 26.1 Å². The predicted molar refractivity (Wildman–Crippen MR) is 117 cm³/mol. The Morgan fingerprint density at radius 2 is 1.69 bits per heavy atom. The lowest BCUT2D eigenvalue weighted by Gasteiger charge is -2.38. The third-order valence-corrected chi connectivity index (χ3v) is 5.47. The minimum atomic E-state index is -0.127. The molecule has 1 aliphatic heterocycles. The Morgan fingerprint density at radius 3 is 2.31 bits per heavy atom. The Bertz CT molecular complexity index is 868. The number of amides is 2. The van der Waals surface area contributed by atoms with Crippen molar-refractivity contribution in [2.45, 2.75) is 46.7 Å². The molecule has 0 aliphatic carbocycles. The zero-order valence-corrected chi connectivity index (χ0v) is 17.8. The fourth-order valence-electron chi connectivity index (χ4n) is 3.65. The number of anilines is 1. The first-order valence-electron chi connectivity index (χ1n) is 10.2. The number of benzene rings is 2. The largest absolute Gasteiger partial charge is 0.347 e. The lowest BCUT2D eigenvalue weighted by molar-refractivity contribution is -0.114. The molecule has 2 aromatic carbocycles. The third kappa shape index (κ3) is 5.67. The molecule has 154 valence electrons. The number of rotatable bonds is 5. The number of carbonyl (C=O) groups excluding carboxylic acids is 2. The molecule has 0 unspecified atom stereocenters. The Balaban J connectivity index is 1.66. The number of nitrogens with zero attached hydrogens (tertiary/aromatic N) is 1. The van der Waals surface area contributed by atoms with Crippen molar-refractivity contribution in [1.29, 1.82) is 0 Å². The van der Waals surface area contributed by atoms with Crippen LogP contribution in [0.5, 0.6) is 0 Å². The van der Waals surface area contributed by atoms with Gasteiger partial charge >= 0.3 is 0 Å². The van der Waals surface area contributed by atoms with Gasteiger partial charge in [0.25, 0.3) is 5.91 Å². The summed E-state index contributed by atoms with van der Waals surface area (Å²) in [7, 11) is 0. The standard InChI is InChI=1S/C24H31N3O2/c1-17(28)25-21-11-9-19(10-12-21)23(29)26-22(24(2,3)4)16-27-14-13-18-7-5-6-8-20(18)15-27/h5-12,22H,13-16H2,1-4H3,(H,25,28)(H,26,29)/t22-/m0/s1. The number of fused-ring (bicyclic) bond motifs is 1. The molecule has 2 aromatic rings. The average molecular weight is 394 g/mol. The molecule has 0 spiro atoms. The van der Waals surface area contributed by atoms with E-state index in [9.17, 15) is 9.59 Å². The van der Waals surface area contributed by atoms with Gasteiger partial charge in [-0.2, -0.15) is 0 Å². The molecule has 0 saturated heterocycles. The van der Waals surface area contributed by atoms with E-state index in [0.29, 0.717) is 11.3 Å². The maximum Gasteiger partial charge on any atom is 0.251 e. The van der Waals surface area contributed by atoms with Gasteiger partial charge in [0.15, 0.2) is 0 Å². The van der Waals surface area contributed by atoms with Gasteiger partial charge in [0.05, 0.1) is 0 Å². The Kier molecular flexibility index (Phi) is 6.38. The predicted octanol–water partition coefficient (Wildman–Crippen LogP) is 3.85. The molecule has 1 aliphatic rings. The monoisotopic (exact) mass is 393 g/mol. The van der Waals surface area contributed by atoms with E-state index in [-0.39, 0.29) is 23.3 Å². The van der Waals surface area contributed by atoms with E-state index in [1.165, 1.54) is 18.1 Å². The average Bonchev–Trinajstić information content (AvgIpc) is 2.66. The van der Waals surface area contributed by atoms with Gasteiger partial charge in [0, 0.05) is 43.9 Å². The van der Waals surface area contributed by atoms with Crippen LogP contribution in [0, 0.1) is 5.41 Å². The topological polar surface area (TPSA) is 61.4 Å². The van der Waals surface area contributed by atoms with Crippen LogP contribution in [0.25, 0.3) is 0 Å². The quantitative estimate of drug-likeness (QED) is 0.811. The van der Waals surface area contributed by atoms with Crippen LogP contribution >= 0.6 is 0 Å². The molecule has 29 heavy (non-hydrogen) atoms. The smallest absolute Gasteiger partial charge is 0.251 e. The van der Waals surface area contributed by atoms with Gasteiger partial charge in [-0.3, -0.25) is 14.5 Å². The highest BCUT2D eigenvalue weighted by Gasteiger charge is 2.29. The fourth-order valence-corrected chi connectivity index (χ4v) is 3.65. The Morgan fingerprint density at radius 1 is 1.03 bits per heavy atom. The summed E-state index contributed by atoms with van der Waals surface area (Å²) < 4.78 is 0. The van der Waals surface area contributed by atoms with Crippen molar-refractivity contribution in [2.75, 3.05) is 18.4 Å². The van der Waals surface area contributed by atoms with Gasteiger partial charge in [-0.05, 0) is 47.2 Å². The molecular weight excluding hydrogens is 362 g/mol. The highest BCUT2D eigenvalue weighted by Crippen LogP contribution is 2.24. The van der Waals surface area contributed by atoms with Crippen molar-refractivity contribution in [3.05, 3.63) is 65.2 Å². The van der Waals surface area contributed by atoms with Crippen LogP contribution in [-0.2, 0) is 17.8 Å². The zero-order chi connectivity index (χ0) is 21.0. The van der Waals surface area contributed by atoms with Gasteiger partial charge in [-0.15, -0.1) is 0 Å². The van der Waals surface area contributed by atoms with E-state index < -0.39 is 0 Å². The lowest BCUT2D eigenvalue weighted by atomic mass is 9.85. The summed E-state index contributed by atoms with van der Waals surface area (Å²) >= 11 is 0. The molecule has 0 fully saturated rings. The number of hydrogen-bond acceptors (Lipinski definition) is 3. The molecule has 5 nitrogen and oxygen atoms in total. The maximum absolute atomic E-state index is 12.9. The molecule has 1 atom stereocenters. The molecule has 0 bridgehead atoms. The highest BCUT2D eigenvalue weighted by molar-refractivity contribution is 5.95. The first-order valence-corrected chi connectivity index (χ1v) is 10.2. The van der Waals surface area contributed by atoms with Crippen molar-refractivity contribution >= 4 is 17.5 Å². The summed E-state index contributed by atoms with van der Waals surface area (Å²) in [6.45, 7) is 10.7. The molecule has 0 radical (unpaired) electrons. The van der Waals surface area contributed by atoms with E-state index in [1.807, 2.05) is 0 Å². The van der Waals surface area contributed by atoms with Crippen molar-refractivity contribution in [3.63, 3.8) is 0 Å². The second-order valence-electron chi connectivity index (χ2n) is 8.90. The summed E-state index contributed by atoms with van der Waals surface area (Å²) in [5, 5.41) is 5.96. The van der Waals surface area contributed by atoms with Gasteiger partial charge in [-0.25, -0.2) is 0 Å². The van der Waals surface area contributed by atoms with E-state index in [1.54, 1.807) is 24.3 Å². The molecule has 5 heteroatoms. The van der Waals surface area contributed by atoms with Crippen LogP contribution in [0.4, 0.5) is 5.69 Å². The number of carbonyl (C=O) groups is 2. The summed E-state index contributed by atoms with van der Waals surface area (Å²) in [5.74, 6) is -0.213. The first kappa shape index (κ1) is 21.1. The molecule has 1 heterocycles. The second-order valence-corrected chi connectivity index (χ2v) is 8.90. The molecule has 0 aromatic heterocycles. The molecule has 2 amide bonds. The van der Waals surface area contributed by atoms with Crippen molar-refractivity contribution < 1.29 is 9.59 Å². The van der Waals surface area contributed by atoms with Gasteiger partial charge in [0.1, 0.15) is 0 Å². The first-order chi connectivity index (χ1) is 13.7. The maximum atomic E-state index is 12.9. The fraction of sp³-hybridized carbons (Fsp3) is 0.417. The molecule has 2 N–H and O–H groups in total. The van der Waals surface area contributed by atoms with Gasteiger partial charge in [-0.1, -0.05) is 45.0 Å². The van der Waals surface area contributed by atoms with E-state index >= 15 is 0 Å². The van der Waals surface area contributed by atoms with Crippen LogP contribution in [-0.4, -0.2) is 35.8 Å². The lowest BCUT2D eigenvalue weighted by Crippen LogP contribution is -2.51. The van der Waals surface area contributed by atoms with Crippen LogP contribution in [0.3, 0.4) is 0 Å². The normalized spacial score (nSPS) is 15.3. The Labute approximate surface area is 173 Å². The highest BCUT2D eigenvalue weighted by atomic mass is 16.2. The number of hydrogen-bond donors (Lipinski definition) is 2. The molecule has 0 saturated carbocycles. The number of nitrogens with one attached hydrogen (secondary N) is 2. The van der Waals surface area contributed by atoms with Crippen LogP contribution in [0.2, 0.25) is 0 Å². The summed E-state index contributed by atoms with van der Waals surface area (Å²) in [4.78, 5) is 26.4. The van der Waals surface area contributed by atoms with E-state index in [4.69, 9.17) is 0 Å². The summed E-state index contributed by atoms with van der Waals surface area (Å²) in [6.07, 6.45) is 1.05. The minimum absolute atomic E-state index is 0.0234. The van der Waals surface area contributed by atoms with Crippen molar-refractivity contribution in [3.8, 4) is 0 Å². The third-order valence-electron chi connectivity index (χ3n) is 5.47. The van der Waals surface area contributed by atoms with Crippen molar-refractivity contribution in [1.82, 2.24) is 10.2 Å². The summed E-state index contributed by atoms with van der Waals surface area (Å²) in [5.41, 5.74) is 4.03. The Hall–Kier alpha value is -2.66. The summed E-state index contributed by atoms with van der Waals surface area (Å²) in [6, 6.07) is 15.6. The van der Waals surface area contributed by atoms with Crippen LogP contribution in [0.1, 0.15) is 49.2 Å². The molecule has 3 rings (SSSR count). The van der Waals surface area contributed by atoms with Gasteiger partial charge in [0.2, 0.25) is 5.91 Å². The van der Waals surface area contributed by atoms with Crippen molar-refractivity contribution in [2.24, 2.45) is 5.41 Å². The molecular formula is C24H31N3O2.